The molecule has 8 heavy (non-hydrogen) atoms. The maximum Gasteiger partial charge on any atom is 0.0948 e. The molecule has 1 aromatic rings. The summed E-state index contributed by atoms with van der Waals surface area (Å²) in [6.07, 6.45) is 8.43. The fraction of sp³-hybridized carbons (Fsp3) is 0.500. The number of nitrogens with zero attached hydrogens (tertiary/aromatic N) is 2. The Kier molecular flexibility index (Phi) is 0.692. The number of rotatable bonds is 1. The summed E-state index contributed by atoms with van der Waals surface area (Å²) in [6, 6.07) is 0.789. The molecule has 0 aliphatic heterocycles. The van der Waals surface area contributed by atoms with Gasteiger partial charge >= 0.3 is 0 Å². The first kappa shape index (κ1) is 4.13. The quantitative estimate of drug-likeness (QED) is 0.529. The van der Waals surface area contributed by atoms with E-state index < -0.39 is 0 Å². The van der Waals surface area contributed by atoms with Gasteiger partial charge in [-0.3, -0.25) is 0 Å². The topological polar surface area (TPSA) is 17.8 Å². The second kappa shape index (κ2) is 1.34. The molecule has 1 fully saturated rings. The minimum atomic E-state index is 0.789. The van der Waals surface area contributed by atoms with Crippen molar-refractivity contribution in [3.8, 4) is 0 Å². The molecule has 0 spiro atoms. The Morgan fingerprint density at radius 2 is 2.38 bits per heavy atom. The predicted octanol–water partition coefficient (Wildman–Crippen LogP) is 1.22. The van der Waals surface area contributed by atoms with E-state index in [9.17, 15) is 0 Å². The molecule has 0 aromatic carbocycles. The number of hydrogen-bond donors (Lipinski definition) is 0. The maximum atomic E-state index is 3.95. The van der Waals surface area contributed by atoms with Gasteiger partial charge < -0.3 is 4.57 Å². The van der Waals surface area contributed by atoms with Crippen molar-refractivity contribution >= 4 is 0 Å². The zero-order valence-electron chi connectivity index (χ0n) is 4.62. The molecule has 1 heterocycles. The van der Waals surface area contributed by atoms with Gasteiger partial charge in [-0.05, 0) is 12.8 Å². The van der Waals surface area contributed by atoms with Gasteiger partial charge in [0.15, 0.2) is 0 Å². The molecule has 1 aliphatic rings. The summed E-state index contributed by atoms with van der Waals surface area (Å²) in [7, 11) is 0. The molecule has 2 rings (SSSR count). The number of imidazole rings is 1. The highest BCUT2D eigenvalue weighted by Gasteiger charge is 2.21. The van der Waals surface area contributed by atoms with Gasteiger partial charge in [0.1, 0.15) is 0 Å². The van der Waals surface area contributed by atoms with Crippen LogP contribution in [0.2, 0.25) is 0 Å². The zero-order chi connectivity index (χ0) is 5.40. The van der Waals surface area contributed by atoms with Gasteiger partial charge in [-0.2, -0.15) is 0 Å². The van der Waals surface area contributed by atoms with E-state index in [1.54, 1.807) is 0 Å². The Bertz CT molecular complexity index is 163. The standard InChI is InChI=1S/C6H8N2/c1-2-6(1)8-4-3-7-5-8/h3-6H,1-2H2. The lowest BCUT2D eigenvalue weighted by Gasteiger charge is -1.91. The van der Waals surface area contributed by atoms with Crippen LogP contribution < -0.4 is 0 Å². The van der Waals surface area contributed by atoms with Crippen LogP contribution in [0, 0.1) is 0 Å². The molecule has 0 N–H and O–H groups in total. The molecule has 0 bridgehead atoms. The molecule has 0 unspecified atom stereocenters. The van der Waals surface area contributed by atoms with Crippen molar-refractivity contribution in [3.05, 3.63) is 18.7 Å². The molecule has 0 amide bonds. The second-order valence-electron chi connectivity index (χ2n) is 2.24. The van der Waals surface area contributed by atoms with Crippen molar-refractivity contribution in [1.82, 2.24) is 9.55 Å². The van der Waals surface area contributed by atoms with Gasteiger partial charge in [-0.25, -0.2) is 4.98 Å². The van der Waals surface area contributed by atoms with Crippen LogP contribution in [-0.2, 0) is 0 Å². The summed E-state index contributed by atoms with van der Waals surface area (Å²) in [6.45, 7) is 0. The Hall–Kier alpha value is -0.790. The third kappa shape index (κ3) is 0.529. The van der Waals surface area contributed by atoms with Gasteiger partial charge in [-0.15, -0.1) is 0 Å². The Balaban J connectivity index is 2.28. The van der Waals surface area contributed by atoms with E-state index in [4.69, 9.17) is 0 Å². The van der Waals surface area contributed by atoms with E-state index in [2.05, 4.69) is 9.55 Å². The summed E-state index contributed by atoms with van der Waals surface area (Å²) < 4.78 is 2.17. The predicted molar refractivity (Wildman–Crippen MR) is 30.5 cm³/mol. The Morgan fingerprint density at radius 1 is 1.50 bits per heavy atom. The van der Waals surface area contributed by atoms with Crippen LogP contribution in [-0.4, -0.2) is 9.55 Å². The second-order valence-corrected chi connectivity index (χ2v) is 2.24. The van der Waals surface area contributed by atoms with Gasteiger partial charge in [-0.1, -0.05) is 0 Å². The van der Waals surface area contributed by atoms with Gasteiger partial charge in [0.25, 0.3) is 0 Å². The van der Waals surface area contributed by atoms with Crippen molar-refractivity contribution in [2.45, 2.75) is 18.9 Å². The SMILES string of the molecule is c1cn(C2CC2)cn1. The monoisotopic (exact) mass is 108 g/mol. The van der Waals surface area contributed by atoms with Gasteiger partial charge in [0.2, 0.25) is 0 Å². The van der Waals surface area contributed by atoms with E-state index in [0.29, 0.717) is 0 Å². The molecule has 0 radical (unpaired) electrons. The van der Waals surface area contributed by atoms with E-state index in [0.717, 1.165) is 6.04 Å². The van der Waals surface area contributed by atoms with Crippen molar-refractivity contribution in [2.75, 3.05) is 0 Å². The van der Waals surface area contributed by atoms with Gasteiger partial charge in [0, 0.05) is 18.4 Å². The molecule has 1 aromatic heterocycles. The first-order valence-electron chi connectivity index (χ1n) is 2.94. The Labute approximate surface area is 48.2 Å². The van der Waals surface area contributed by atoms with Crippen molar-refractivity contribution in [2.24, 2.45) is 0 Å². The Morgan fingerprint density at radius 3 is 2.88 bits per heavy atom. The van der Waals surface area contributed by atoms with Crippen molar-refractivity contribution in [3.63, 3.8) is 0 Å². The molecule has 0 saturated heterocycles. The van der Waals surface area contributed by atoms with Crippen LogP contribution >= 0.6 is 0 Å². The molecule has 0 atom stereocenters. The largest absolute Gasteiger partial charge is 0.334 e. The molecule has 42 valence electrons. The lowest BCUT2D eigenvalue weighted by atomic mass is 10.7. The molecular formula is C6H8N2. The van der Waals surface area contributed by atoms with Crippen LogP contribution in [0.5, 0.6) is 0 Å². The maximum absolute atomic E-state index is 3.95. The highest BCUT2D eigenvalue weighted by atomic mass is 15.1. The first-order valence-corrected chi connectivity index (χ1v) is 2.94. The average Bonchev–Trinajstić information content (AvgIpc) is 2.49. The molecule has 1 aliphatic carbocycles. The summed E-state index contributed by atoms with van der Waals surface area (Å²) >= 11 is 0. The highest BCUT2D eigenvalue weighted by Crippen LogP contribution is 2.33. The number of aromatic nitrogens is 2. The lowest BCUT2D eigenvalue weighted by molar-refractivity contribution is 0.740. The van der Waals surface area contributed by atoms with E-state index in [1.807, 2.05) is 18.7 Å². The van der Waals surface area contributed by atoms with E-state index >= 15 is 0 Å². The minimum absolute atomic E-state index is 0.789. The van der Waals surface area contributed by atoms with Crippen molar-refractivity contribution < 1.29 is 0 Å². The molecule has 2 heteroatoms. The summed E-state index contributed by atoms with van der Waals surface area (Å²) in [5, 5.41) is 0. The van der Waals surface area contributed by atoms with Crippen LogP contribution in [0.3, 0.4) is 0 Å². The van der Waals surface area contributed by atoms with Gasteiger partial charge in [0.05, 0.1) is 6.33 Å². The fourth-order valence-corrected chi connectivity index (χ4v) is 0.858. The molecule has 1 saturated carbocycles. The molecular weight excluding hydrogens is 100 g/mol. The summed E-state index contributed by atoms with van der Waals surface area (Å²) in [4.78, 5) is 3.95. The van der Waals surface area contributed by atoms with Crippen molar-refractivity contribution in [1.29, 1.82) is 0 Å². The minimum Gasteiger partial charge on any atom is -0.334 e. The third-order valence-corrected chi connectivity index (χ3v) is 1.49. The van der Waals surface area contributed by atoms with Crippen LogP contribution in [0.4, 0.5) is 0 Å². The smallest absolute Gasteiger partial charge is 0.0948 e. The average molecular weight is 108 g/mol. The molecule has 2 nitrogen and oxygen atoms in total. The normalized spacial score (nSPS) is 19.0. The fourth-order valence-electron chi connectivity index (χ4n) is 0.858. The first-order chi connectivity index (χ1) is 3.97. The van der Waals surface area contributed by atoms with E-state index in [-0.39, 0.29) is 0 Å². The summed E-state index contributed by atoms with van der Waals surface area (Å²) in [5.74, 6) is 0. The third-order valence-electron chi connectivity index (χ3n) is 1.49. The van der Waals surface area contributed by atoms with E-state index in [1.165, 1.54) is 12.8 Å². The van der Waals surface area contributed by atoms with Crippen LogP contribution in [0.1, 0.15) is 18.9 Å². The van der Waals surface area contributed by atoms with Crippen LogP contribution in [0.15, 0.2) is 18.7 Å². The number of hydrogen-bond acceptors (Lipinski definition) is 1. The zero-order valence-corrected chi connectivity index (χ0v) is 4.62. The lowest BCUT2D eigenvalue weighted by Crippen LogP contribution is -1.85. The summed E-state index contributed by atoms with van der Waals surface area (Å²) in [5.41, 5.74) is 0. The van der Waals surface area contributed by atoms with Crippen LogP contribution in [0.25, 0.3) is 0 Å². The highest BCUT2D eigenvalue weighted by molar-refractivity contribution is 4.87.